The number of hydrogen-bond acceptors (Lipinski definition) is 15. The normalized spacial score (nSPS) is 17.7. The predicted octanol–water partition coefficient (Wildman–Crippen LogP) is -0.958. The number of aliphatic hydroxyl groups excluding tert-OH is 7. The fourth-order valence-corrected chi connectivity index (χ4v) is 17.4. The lowest BCUT2D eigenvalue weighted by Gasteiger charge is -2.34. The number of aliphatic hydroxyl groups is 7. The summed E-state index contributed by atoms with van der Waals surface area (Å²) < 4.78 is 50.4. The van der Waals surface area contributed by atoms with Crippen LogP contribution < -0.4 is 0 Å². The van der Waals surface area contributed by atoms with Gasteiger partial charge in [-0.3, -0.25) is 0 Å². The summed E-state index contributed by atoms with van der Waals surface area (Å²) in [7, 11) is -5.47. The second-order valence-electron chi connectivity index (χ2n) is 12.7. The summed E-state index contributed by atoms with van der Waals surface area (Å²) >= 11 is 0. The maximum atomic E-state index is 12.3. The Balaban J connectivity index is 3.89. The van der Waals surface area contributed by atoms with Crippen molar-refractivity contribution in [1.29, 1.82) is 0 Å². The molecule has 0 radical (unpaired) electrons. The van der Waals surface area contributed by atoms with Crippen LogP contribution in [0.15, 0.2) is 0 Å². The molecule has 7 N–H and O–H groups in total. The van der Waals surface area contributed by atoms with E-state index in [4.69, 9.17) is 42.7 Å². The number of rotatable bonds is 32. The van der Waals surface area contributed by atoms with Gasteiger partial charge in [-0.2, -0.15) is 0 Å². The molecule has 7 unspecified atom stereocenters. The van der Waals surface area contributed by atoms with E-state index in [0.29, 0.717) is 18.3 Å². The smallest absolute Gasteiger partial charge is 0.275 e. The SMILES string of the molecule is CC[Si](=O)C[Si](C)(CCCOCC(O)COCC(O)COCC(O)COCC(O)COCC(O)COCC(O)CO)O[Si](C)(C)C. The molecule has 0 aromatic heterocycles. The minimum atomic E-state index is -2.09. The van der Waals surface area contributed by atoms with E-state index in [-0.39, 0.29) is 72.7 Å². The maximum absolute atomic E-state index is 12.3. The van der Waals surface area contributed by atoms with E-state index in [0.717, 1.165) is 12.5 Å². The van der Waals surface area contributed by atoms with Crippen LogP contribution in [0.25, 0.3) is 0 Å². The summed E-state index contributed by atoms with van der Waals surface area (Å²) in [4.78, 5) is 0. The molecule has 18 heteroatoms. The number of hydrogen-bond donors (Lipinski definition) is 7. The lowest BCUT2D eigenvalue weighted by molar-refractivity contribution is -0.0848. The molecule has 7 atom stereocenters. The molecule has 0 aliphatic carbocycles. The van der Waals surface area contributed by atoms with E-state index in [1.165, 1.54) is 0 Å². The fourth-order valence-electron chi connectivity index (χ4n) is 4.22. The van der Waals surface area contributed by atoms with Crippen LogP contribution in [0.4, 0.5) is 0 Å². The molecule has 0 saturated carbocycles. The largest absolute Gasteiger partial charge is 0.455 e. The summed E-state index contributed by atoms with van der Waals surface area (Å²) in [5, 5.41) is 67.5. The van der Waals surface area contributed by atoms with Crippen molar-refractivity contribution in [2.45, 2.75) is 93.9 Å². The first kappa shape index (κ1) is 45.9. The monoisotopic (exact) mass is 722 g/mol. The molecule has 0 amide bonds. The van der Waals surface area contributed by atoms with Crippen LogP contribution >= 0.6 is 0 Å². The van der Waals surface area contributed by atoms with Crippen LogP contribution in [-0.4, -0.2) is 184 Å². The third kappa shape index (κ3) is 27.8. The fraction of sp³-hybridized carbons (Fsp3) is 1.00. The Hall–Kier alpha value is -0.109. The van der Waals surface area contributed by atoms with Gasteiger partial charge < -0.3 is 72.7 Å². The van der Waals surface area contributed by atoms with E-state index in [1.807, 2.05) is 6.92 Å². The Bertz CT molecular complexity index is 751. The van der Waals surface area contributed by atoms with Crippen LogP contribution in [0.5, 0.6) is 0 Å². The van der Waals surface area contributed by atoms with E-state index < -0.39 is 68.5 Å². The molecule has 0 heterocycles. The van der Waals surface area contributed by atoms with E-state index in [1.54, 1.807) is 0 Å². The summed E-state index contributed by atoms with van der Waals surface area (Å²) in [6.07, 6.45) is -5.03. The van der Waals surface area contributed by atoms with Crippen molar-refractivity contribution in [3.8, 4) is 0 Å². The van der Waals surface area contributed by atoms with Gasteiger partial charge in [0, 0.05) is 12.3 Å². The van der Waals surface area contributed by atoms with Gasteiger partial charge in [-0.1, -0.05) is 6.92 Å². The molecule has 46 heavy (non-hydrogen) atoms. The zero-order valence-corrected chi connectivity index (χ0v) is 31.4. The van der Waals surface area contributed by atoms with Crippen LogP contribution in [0.2, 0.25) is 43.9 Å². The van der Waals surface area contributed by atoms with Crippen molar-refractivity contribution in [3.05, 3.63) is 0 Å². The molecular formula is C28H62O15Si3. The zero-order chi connectivity index (χ0) is 35.0. The molecule has 0 aliphatic heterocycles. The van der Waals surface area contributed by atoms with E-state index in [9.17, 15) is 30.0 Å². The number of ether oxygens (including phenoxy) is 6. The Labute approximate surface area is 277 Å². The lowest BCUT2D eigenvalue weighted by Crippen LogP contribution is -2.46. The molecule has 276 valence electrons. The van der Waals surface area contributed by atoms with Crippen LogP contribution in [0, 0.1) is 0 Å². The van der Waals surface area contributed by atoms with Crippen molar-refractivity contribution in [1.82, 2.24) is 0 Å². The van der Waals surface area contributed by atoms with Crippen molar-refractivity contribution in [3.63, 3.8) is 0 Å². The first-order chi connectivity index (χ1) is 21.6. The predicted molar refractivity (Wildman–Crippen MR) is 175 cm³/mol. The van der Waals surface area contributed by atoms with Crippen LogP contribution in [-0.2, 0) is 37.0 Å². The van der Waals surface area contributed by atoms with Gasteiger partial charge in [0.2, 0.25) is 0 Å². The highest BCUT2D eigenvalue weighted by molar-refractivity contribution is 6.89. The van der Waals surface area contributed by atoms with E-state index in [2.05, 4.69) is 26.2 Å². The van der Waals surface area contributed by atoms with Gasteiger partial charge >= 0.3 is 0 Å². The van der Waals surface area contributed by atoms with Crippen LogP contribution in [0.3, 0.4) is 0 Å². The Morgan fingerprint density at radius 3 is 1.20 bits per heavy atom. The average Bonchev–Trinajstić information content (AvgIpc) is 2.95. The van der Waals surface area contributed by atoms with Gasteiger partial charge in [0.05, 0.1) is 79.3 Å². The minimum Gasteiger partial charge on any atom is -0.455 e. The average molecular weight is 723 g/mol. The van der Waals surface area contributed by atoms with Gasteiger partial charge in [-0.05, 0) is 44.7 Å². The first-order valence-corrected chi connectivity index (χ1v) is 24.0. The van der Waals surface area contributed by atoms with Crippen LogP contribution in [0.1, 0.15) is 13.3 Å². The topological polar surface area (TPSA) is 223 Å². The van der Waals surface area contributed by atoms with Crippen molar-refractivity contribution >= 4 is 25.3 Å². The second-order valence-corrected chi connectivity index (χ2v) is 24.3. The van der Waals surface area contributed by atoms with Gasteiger partial charge in [0.15, 0.2) is 16.6 Å². The Kier molecular flexibility index (Phi) is 26.7. The quantitative estimate of drug-likeness (QED) is 0.0328. The van der Waals surface area contributed by atoms with E-state index >= 15 is 0 Å². The molecule has 0 aromatic carbocycles. The van der Waals surface area contributed by atoms with Gasteiger partial charge in [-0.25, -0.2) is 0 Å². The van der Waals surface area contributed by atoms with Gasteiger partial charge in [0.1, 0.15) is 36.6 Å². The second kappa shape index (κ2) is 26.7. The Morgan fingerprint density at radius 2 is 0.891 bits per heavy atom. The van der Waals surface area contributed by atoms with Crippen molar-refractivity contribution in [2.24, 2.45) is 0 Å². The molecule has 0 aliphatic rings. The highest BCUT2D eigenvalue weighted by Crippen LogP contribution is 2.25. The van der Waals surface area contributed by atoms with Crippen molar-refractivity contribution in [2.75, 3.05) is 85.9 Å². The third-order valence-electron chi connectivity index (χ3n) is 6.14. The molecule has 0 rings (SSSR count). The van der Waals surface area contributed by atoms with Crippen molar-refractivity contribution < 1.29 is 72.7 Å². The summed E-state index contributed by atoms with van der Waals surface area (Å²) in [5.41, 5.74) is 0.696. The molecule has 0 spiro atoms. The zero-order valence-electron chi connectivity index (χ0n) is 28.4. The highest BCUT2D eigenvalue weighted by atomic mass is 28.4. The Morgan fingerprint density at radius 1 is 0.565 bits per heavy atom. The van der Waals surface area contributed by atoms with Gasteiger partial charge in [0.25, 0.3) is 8.68 Å². The summed E-state index contributed by atoms with van der Waals surface area (Å²) in [6, 6.07) is 1.55. The molecule has 15 nitrogen and oxygen atoms in total. The minimum absolute atomic E-state index is 0.0231. The summed E-state index contributed by atoms with van der Waals surface area (Å²) in [5.74, 6) is 0. The third-order valence-corrected chi connectivity index (χ3v) is 17.3. The molecular weight excluding hydrogens is 661 g/mol. The molecule has 0 fully saturated rings. The standard InChI is InChI=1S/C28H62O15Si3/c1-6-44(36)22-46(5,43-45(2,3)4)9-7-8-37-12-24(31)13-39-16-26(33)17-41-20-28(35)21-42-19-27(34)18-40-15-25(32)14-38-11-23(30)10-29/h23-35H,6-22H2,1-5H3. The highest BCUT2D eigenvalue weighted by Gasteiger charge is 2.36. The summed E-state index contributed by atoms with van der Waals surface area (Å²) in [6.45, 7) is 9.68. The first-order valence-electron chi connectivity index (χ1n) is 16.0. The molecule has 0 aromatic rings. The molecule has 0 bridgehead atoms. The van der Waals surface area contributed by atoms with Gasteiger partial charge in [-0.15, -0.1) is 0 Å². The lowest BCUT2D eigenvalue weighted by atomic mass is 10.3. The maximum Gasteiger partial charge on any atom is 0.275 e. The molecule has 0 saturated heterocycles.